The molecule has 31 heavy (non-hydrogen) atoms. The van der Waals surface area contributed by atoms with Crippen molar-refractivity contribution in [2.24, 2.45) is 0 Å². The van der Waals surface area contributed by atoms with Crippen LogP contribution in [-0.2, 0) is 0 Å². The first-order valence-corrected chi connectivity index (χ1v) is 11.4. The van der Waals surface area contributed by atoms with Crippen molar-refractivity contribution < 1.29 is 31.8 Å². The Labute approximate surface area is 193 Å². The van der Waals surface area contributed by atoms with Gasteiger partial charge in [0.15, 0.2) is 11.6 Å². The van der Waals surface area contributed by atoms with Gasteiger partial charge in [0.2, 0.25) is 17.4 Å². The SMILES string of the molecule is CCCCCCCCCCOc1ccc(C(=O)Oc2c(F)c(F)c(I)c(F)c2F)cc1. The van der Waals surface area contributed by atoms with Crippen molar-refractivity contribution in [3.63, 3.8) is 0 Å². The van der Waals surface area contributed by atoms with Crippen LogP contribution < -0.4 is 9.47 Å². The maximum Gasteiger partial charge on any atom is 0.343 e. The van der Waals surface area contributed by atoms with Crippen LogP contribution in [0.1, 0.15) is 68.6 Å². The highest BCUT2D eigenvalue weighted by molar-refractivity contribution is 14.1. The Kier molecular flexibility index (Phi) is 10.6. The molecule has 2 rings (SSSR count). The molecule has 0 saturated heterocycles. The fourth-order valence-corrected chi connectivity index (χ4v) is 3.41. The molecule has 0 aromatic heterocycles. The Morgan fingerprint density at radius 3 is 1.87 bits per heavy atom. The second kappa shape index (κ2) is 12.9. The highest BCUT2D eigenvalue weighted by Gasteiger charge is 2.27. The monoisotopic (exact) mass is 552 g/mol. The topological polar surface area (TPSA) is 35.5 Å². The van der Waals surface area contributed by atoms with Gasteiger partial charge in [-0.15, -0.1) is 0 Å². The number of rotatable bonds is 12. The molecule has 0 heterocycles. The molecular formula is C23H25F4IO3. The number of unbranched alkanes of at least 4 members (excludes halogenated alkanes) is 7. The second-order valence-electron chi connectivity index (χ2n) is 7.14. The van der Waals surface area contributed by atoms with E-state index >= 15 is 0 Å². The van der Waals surface area contributed by atoms with E-state index in [0.29, 0.717) is 12.4 Å². The van der Waals surface area contributed by atoms with Gasteiger partial charge in [-0.3, -0.25) is 0 Å². The summed E-state index contributed by atoms with van der Waals surface area (Å²) in [4.78, 5) is 12.1. The molecule has 0 atom stereocenters. The summed E-state index contributed by atoms with van der Waals surface area (Å²) in [5.41, 5.74) is -0.0439. The Hall–Kier alpha value is -1.84. The third kappa shape index (κ3) is 7.36. The van der Waals surface area contributed by atoms with E-state index in [4.69, 9.17) is 4.74 Å². The summed E-state index contributed by atoms with van der Waals surface area (Å²) < 4.78 is 64.3. The minimum atomic E-state index is -1.76. The van der Waals surface area contributed by atoms with Gasteiger partial charge in [0.05, 0.1) is 15.7 Å². The molecule has 2 aromatic rings. The fraction of sp³-hybridized carbons (Fsp3) is 0.435. The van der Waals surface area contributed by atoms with E-state index in [1.807, 2.05) is 0 Å². The number of benzene rings is 2. The predicted molar refractivity (Wildman–Crippen MR) is 118 cm³/mol. The van der Waals surface area contributed by atoms with Gasteiger partial charge >= 0.3 is 5.97 Å². The molecule has 0 aliphatic heterocycles. The summed E-state index contributed by atoms with van der Waals surface area (Å²) in [7, 11) is 0. The molecule has 0 bridgehead atoms. The summed E-state index contributed by atoms with van der Waals surface area (Å²) >= 11 is 1.13. The molecule has 3 nitrogen and oxygen atoms in total. The van der Waals surface area contributed by atoms with Crippen molar-refractivity contribution in [2.45, 2.75) is 58.3 Å². The maximum absolute atomic E-state index is 13.9. The Bertz CT molecular complexity index is 843. The zero-order valence-corrected chi connectivity index (χ0v) is 19.4. The van der Waals surface area contributed by atoms with Crippen LogP contribution in [0.15, 0.2) is 24.3 Å². The number of hydrogen-bond donors (Lipinski definition) is 0. The van der Waals surface area contributed by atoms with Crippen LogP contribution in [0, 0.1) is 26.8 Å². The van der Waals surface area contributed by atoms with Gasteiger partial charge in [0.1, 0.15) is 5.75 Å². The van der Waals surface area contributed by atoms with Crippen LogP contribution in [0.2, 0.25) is 0 Å². The maximum atomic E-state index is 13.9. The third-order valence-corrected chi connectivity index (χ3v) is 5.67. The first kappa shape index (κ1) is 25.4. The second-order valence-corrected chi connectivity index (χ2v) is 8.22. The van der Waals surface area contributed by atoms with Crippen LogP contribution in [-0.4, -0.2) is 12.6 Å². The molecule has 0 N–H and O–H groups in total. The van der Waals surface area contributed by atoms with Crippen molar-refractivity contribution in [1.82, 2.24) is 0 Å². The van der Waals surface area contributed by atoms with Crippen LogP contribution in [0.25, 0.3) is 0 Å². The number of hydrogen-bond acceptors (Lipinski definition) is 3. The zero-order chi connectivity index (χ0) is 22.8. The van der Waals surface area contributed by atoms with Crippen LogP contribution >= 0.6 is 22.6 Å². The predicted octanol–water partition coefficient (Wildman–Crippen LogP) is 7.59. The average molecular weight is 552 g/mol. The molecule has 0 amide bonds. The van der Waals surface area contributed by atoms with E-state index in [9.17, 15) is 22.4 Å². The molecule has 0 radical (unpaired) electrons. The lowest BCUT2D eigenvalue weighted by atomic mass is 10.1. The van der Waals surface area contributed by atoms with E-state index in [-0.39, 0.29) is 5.56 Å². The Morgan fingerprint density at radius 2 is 1.32 bits per heavy atom. The highest BCUT2D eigenvalue weighted by atomic mass is 127. The minimum Gasteiger partial charge on any atom is -0.494 e. The van der Waals surface area contributed by atoms with Gasteiger partial charge in [-0.05, 0) is 53.3 Å². The van der Waals surface area contributed by atoms with Crippen molar-refractivity contribution in [2.75, 3.05) is 6.61 Å². The number of carbonyl (C=O) groups excluding carboxylic acids is 1. The summed E-state index contributed by atoms with van der Waals surface area (Å²) in [6.07, 6.45) is 9.47. The van der Waals surface area contributed by atoms with Gasteiger partial charge in [0, 0.05) is 0 Å². The molecule has 0 unspecified atom stereocenters. The Balaban J connectivity index is 1.82. The van der Waals surface area contributed by atoms with E-state index in [1.54, 1.807) is 0 Å². The summed E-state index contributed by atoms with van der Waals surface area (Å²) in [6, 6.07) is 5.73. The summed E-state index contributed by atoms with van der Waals surface area (Å²) in [6.45, 7) is 2.73. The van der Waals surface area contributed by atoms with Crippen LogP contribution in [0.4, 0.5) is 17.6 Å². The highest BCUT2D eigenvalue weighted by Crippen LogP contribution is 2.31. The van der Waals surface area contributed by atoms with Crippen molar-refractivity contribution in [3.05, 3.63) is 56.7 Å². The Morgan fingerprint density at radius 1 is 0.806 bits per heavy atom. The number of carbonyl (C=O) groups is 1. The van der Waals surface area contributed by atoms with Gasteiger partial charge in [-0.25, -0.2) is 13.6 Å². The third-order valence-electron chi connectivity index (χ3n) is 4.72. The minimum absolute atomic E-state index is 0.0439. The smallest absolute Gasteiger partial charge is 0.343 e. The fourth-order valence-electron chi connectivity index (χ4n) is 2.94. The van der Waals surface area contributed by atoms with Gasteiger partial charge in [-0.2, -0.15) is 8.78 Å². The number of halogens is 5. The lowest BCUT2D eigenvalue weighted by Gasteiger charge is -2.10. The van der Waals surface area contributed by atoms with Gasteiger partial charge < -0.3 is 9.47 Å². The van der Waals surface area contributed by atoms with Crippen molar-refractivity contribution in [1.29, 1.82) is 0 Å². The molecule has 0 aliphatic carbocycles. The standard InChI is InChI=1S/C23H25F4IO3/c1-2-3-4-5-6-7-8-9-14-30-16-12-10-15(11-13-16)23(29)31-22-19(26)17(24)21(28)18(25)20(22)27/h10-13H,2-9,14H2,1H3. The van der Waals surface area contributed by atoms with Crippen LogP contribution in [0.5, 0.6) is 11.5 Å². The van der Waals surface area contributed by atoms with E-state index < -0.39 is 38.6 Å². The first-order chi connectivity index (χ1) is 14.9. The zero-order valence-electron chi connectivity index (χ0n) is 17.3. The quantitative estimate of drug-likeness (QED) is 0.0518. The van der Waals surface area contributed by atoms with Crippen molar-refractivity contribution >= 4 is 28.6 Å². The average Bonchev–Trinajstić information content (AvgIpc) is 2.78. The molecule has 2 aromatic carbocycles. The lowest BCUT2D eigenvalue weighted by molar-refractivity contribution is 0.0717. The van der Waals surface area contributed by atoms with E-state index in [1.165, 1.54) is 62.8 Å². The molecule has 0 fully saturated rings. The molecule has 0 saturated carbocycles. The molecule has 8 heteroatoms. The van der Waals surface area contributed by atoms with E-state index in [2.05, 4.69) is 11.7 Å². The van der Waals surface area contributed by atoms with Gasteiger partial charge in [0.25, 0.3) is 0 Å². The van der Waals surface area contributed by atoms with Crippen molar-refractivity contribution in [3.8, 4) is 11.5 Å². The van der Waals surface area contributed by atoms with Crippen LogP contribution in [0.3, 0.4) is 0 Å². The number of esters is 1. The lowest BCUT2D eigenvalue weighted by Crippen LogP contribution is -2.13. The van der Waals surface area contributed by atoms with E-state index in [0.717, 1.165) is 35.4 Å². The number of ether oxygens (including phenoxy) is 2. The largest absolute Gasteiger partial charge is 0.494 e. The van der Waals surface area contributed by atoms with Gasteiger partial charge in [-0.1, -0.05) is 51.9 Å². The normalized spacial score (nSPS) is 10.9. The molecule has 0 aliphatic rings. The molecule has 0 spiro atoms. The summed E-state index contributed by atoms with van der Waals surface area (Å²) in [5.74, 6) is -8.78. The molecule has 170 valence electrons. The molecular weight excluding hydrogens is 527 g/mol. The first-order valence-electron chi connectivity index (χ1n) is 10.3. The summed E-state index contributed by atoms with van der Waals surface area (Å²) in [5, 5.41) is 0.